The highest BCUT2D eigenvalue weighted by molar-refractivity contribution is 5.19. The van der Waals surface area contributed by atoms with Crippen molar-refractivity contribution in [1.82, 2.24) is 5.32 Å². The van der Waals surface area contributed by atoms with Crippen LogP contribution in [0.4, 0.5) is 8.78 Å². The van der Waals surface area contributed by atoms with Gasteiger partial charge in [-0.2, -0.15) is 0 Å². The van der Waals surface area contributed by atoms with Gasteiger partial charge in [0, 0.05) is 18.2 Å². The Labute approximate surface area is 86.9 Å². The molecular formula is C11H13F2NO. The summed E-state index contributed by atoms with van der Waals surface area (Å²) in [5, 5.41) is 12.2. The lowest BCUT2D eigenvalue weighted by atomic mass is 9.89. The molecular weight excluding hydrogens is 200 g/mol. The van der Waals surface area contributed by atoms with E-state index in [9.17, 15) is 13.9 Å². The molecule has 0 radical (unpaired) electrons. The van der Waals surface area contributed by atoms with Crippen molar-refractivity contribution < 1.29 is 13.9 Å². The van der Waals surface area contributed by atoms with Crippen molar-refractivity contribution in [2.45, 2.75) is 31.5 Å². The molecule has 0 aromatic heterocycles. The number of halogens is 2. The fourth-order valence-corrected chi connectivity index (χ4v) is 1.65. The standard InChI is InChI=1S/C11H13F2NO/c12-8-2-1-3-9(13)7(8)6-14-10-4-5-11(10)15/h1-3,10-11,14-15H,4-6H2/t10-,11-/m1/s1. The summed E-state index contributed by atoms with van der Waals surface area (Å²) in [5.74, 6) is -1.09. The predicted octanol–water partition coefficient (Wildman–Crippen LogP) is 1.58. The van der Waals surface area contributed by atoms with Crippen molar-refractivity contribution >= 4 is 0 Å². The molecule has 2 nitrogen and oxygen atoms in total. The maximum atomic E-state index is 13.2. The molecule has 1 aliphatic carbocycles. The van der Waals surface area contributed by atoms with Gasteiger partial charge in [-0.05, 0) is 25.0 Å². The third kappa shape index (κ3) is 2.16. The van der Waals surface area contributed by atoms with Gasteiger partial charge in [0.25, 0.3) is 0 Å². The van der Waals surface area contributed by atoms with Gasteiger partial charge in [-0.1, -0.05) is 6.07 Å². The second-order valence-corrected chi connectivity index (χ2v) is 3.83. The van der Waals surface area contributed by atoms with Crippen LogP contribution in [-0.4, -0.2) is 17.3 Å². The molecule has 0 bridgehead atoms. The molecule has 82 valence electrons. The number of benzene rings is 1. The van der Waals surface area contributed by atoms with Crippen LogP contribution < -0.4 is 5.32 Å². The van der Waals surface area contributed by atoms with E-state index in [2.05, 4.69) is 5.32 Å². The van der Waals surface area contributed by atoms with Crippen molar-refractivity contribution in [1.29, 1.82) is 0 Å². The van der Waals surface area contributed by atoms with E-state index < -0.39 is 11.6 Å². The molecule has 1 aromatic rings. The average Bonchev–Trinajstić information content (AvgIpc) is 2.20. The van der Waals surface area contributed by atoms with Crippen LogP contribution in [0.3, 0.4) is 0 Å². The summed E-state index contributed by atoms with van der Waals surface area (Å²) >= 11 is 0. The van der Waals surface area contributed by atoms with E-state index in [1.807, 2.05) is 0 Å². The van der Waals surface area contributed by atoms with Crippen LogP contribution in [-0.2, 0) is 6.54 Å². The maximum absolute atomic E-state index is 13.2. The van der Waals surface area contributed by atoms with E-state index in [1.54, 1.807) is 0 Å². The quantitative estimate of drug-likeness (QED) is 0.799. The van der Waals surface area contributed by atoms with Gasteiger partial charge in [0.1, 0.15) is 11.6 Å². The largest absolute Gasteiger partial charge is 0.392 e. The second-order valence-electron chi connectivity index (χ2n) is 3.83. The summed E-state index contributed by atoms with van der Waals surface area (Å²) in [6, 6.07) is 3.78. The summed E-state index contributed by atoms with van der Waals surface area (Å²) in [7, 11) is 0. The van der Waals surface area contributed by atoms with Gasteiger partial charge in [0.05, 0.1) is 6.10 Å². The van der Waals surface area contributed by atoms with Gasteiger partial charge in [-0.15, -0.1) is 0 Å². The van der Waals surface area contributed by atoms with E-state index in [-0.39, 0.29) is 24.3 Å². The topological polar surface area (TPSA) is 32.3 Å². The molecule has 0 spiro atoms. The van der Waals surface area contributed by atoms with Crippen LogP contribution in [0.15, 0.2) is 18.2 Å². The number of nitrogens with one attached hydrogen (secondary N) is 1. The smallest absolute Gasteiger partial charge is 0.130 e. The average molecular weight is 213 g/mol. The number of hydrogen-bond acceptors (Lipinski definition) is 2. The van der Waals surface area contributed by atoms with E-state index in [1.165, 1.54) is 18.2 Å². The molecule has 2 N–H and O–H groups in total. The number of aliphatic hydroxyl groups is 1. The summed E-state index contributed by atoms with van der Waals surface area (Å²) in [6.07, 6.45) is 1.24. The van der Waals surface area contributed by atoms with E-state index in [0.717, 1.165) is 12.8 Å². The minimum atomic E-state index is -0.545. The summed E-state index contributed by atoms with van der Waals surface area (Å²) in [4.78, 5) is 0. The third-order valence-electron chi connectivity index (χ3n) is 2.84. The molecule has 0 saturated heterocycles. The molecule has 1 aliphatic rings. The number of rotatable bonds is 3. The molecule has 2 atom stereocenters. The first-order valence-corrected chi connectivity index (χ1v) is 5.03. The number of hydrogen-bond donors (Lipinski definition) is 2. The molecule has 0 heterocycles. The molecule has 4 heteroatoms. The fourth-order valence-electron chi connectivity index (χ4n) is 1.65. The molecule has 2 rings (SSSR count). The van der Waals surface area contributed by atoms with Gasteiger partial charge in [-0.3, -0.25) is 0 Å². The Morgan fingerprint density at radius 1 is 1.27 bits per heavy atom. The molecule has 0 amide bonds. The highest BCUT2D eigenvalue weighted by Gasteiger charge is 2.28. The van der Waals surface area contributed by atoms with Crippen LogP contribution in [0, 0.1) is 11.6 Å². The zero-order valence-corrected chi connectivity index (χ0v) is 8.21. The summed E-state index contributed by atoms with van der Waals surface area (Å²) < 4.78 is 26.4. The highest BCUT2D eigenvalue weighted by Crippen LogP contribution is 2.20. The monoisotopic (exact) mass is 213 g/mol. The molecule has 0 aliphatic heterocycles. The van der Waals surface area contributed by atoms with Gasteiger partial charge in [-0.25, -0.2) is 8.78 Å². The van der Waals surface area contributed by atoms with Gasteiger partial charge in [0.2, 0.25) is 0 Å². The van der Waals surface area contributed by atoms with Gasteiger partial charge in [0.15, 0.2) is 0 Å². The Morgan fingerprint density at radius 3 is 2.40 bits per heavy atom. The molecule has 1 aromatic carbocycles. The van der Waals surface area contributed by atoms with Gasteiger partial charge < -0.3 is 10.4 Å². The lowest BCUT2D eigenvalue weighted by Gasteiger charge is -2.33. The first-order chi connectivity index (χ1) is 7.18. The van der Waals surface area contributed by atoms with Crippen molar-refractivity contribution in [2.24, 2.45) is 0 Å². The molecule has 1 fully saturated rings. The SMILES string of the molecule is O[C@@H]1CC[C@H]1NCc1c(F)cccc1F. The van der Waals surface area contributed by atoms with Crippen LogP contribution >= 0.6 is 0 Å². The Balaban J connectivity index is 1.98. The van der Waals surface area contributed by atoms with Crippen molar-refractivity contribution in [3.63, 3.8) is 0 Å². The first kappa shape index (κ1) is 10.5. The summed E-state index contributed by atoms with van der Waals surface area (Å²) in [6.45, 7) is 0.125. The maximum Gasteiger partial charge on any atom is 0.130 e. The predicted molar refractivity (Wildman–Crippen MR) is 52.2 cm³/mol. The molecule has 1 saturated carbocycles. The van der Waals surface area contributed by atoms with Crippen molar-refractivity contribution in [3.05, 3.63) is 35.4 Å². The Bertz CT molecular complexity index is 336. The van der Waals surface area contributed by atoms with E-state index in [4.69, 9.17) is 0 Å². The molecule has 15 heavy (non-hydrogen) atoms. The minimum absolute atomic E-state index is 0.0241. The second kappa shape index (κ2) is 4.24. The normalized spacial score (nSPS) is 25.0. The summed E-state index contributed by atoms with van der Waals surface area (Å²) in [5.41, 5.74) is 0.0385. The molecule has 0 unspecified atom stereocenters. The van der Waals surface area contributed by atoms with Crippen LogP contribution in [0.2, 0.25) is 0 Å². The Morgan fingerprint density at radius 2 is 1.93 bits per heavy atom. The third-order valence-corrected chi connectivity index (χ3v) is 2.84. The Kier molecular flexibility index (Phi) is 2.98. The van der Waals surface area contributed by atoms with Crippen LogP contribution in [0.5, 0.6) is 0 Å². The zero-order valence-electron chi connectivity index (χ0n) is 8.21. The van der Waals surface area contributed by atoms with Crippen molar-refractivity contribution in [2.75, 3.05) is 0 Å². The lowest BCUT2D eigenvalue weighted by molar-refractivity contribution is 0.0490. The first-order valence-electron chi connectivity index (χ1n) is 5.03. The Hall–Kier alpha value is -1.00. The fraction of sp³-hybridized carbons (Fsp3) is 0.455. The highest BCUT2D eigenvalue weighted by atomic mass is 19.1. The minimum Gasteiger partial charge on any atom is -0.392 e. The van der Waals surface area contributed by atoms with Gasteiger partial charge >= 0.3 is 0 Å². The van der Waals surface area contributed by atoms with Crippen molar-refractivity contribution in [3.8, 4) is 0 Å². The lowest BCUT2D eigenvalue weighted by Crippen LogP contribution is -2.47. The zero-order chi connectivity index (χ0) is 10.8. The van der Waals surface area contributed by atoms with Crippen LogP contribution in [0.25, 0.3) is 0 Å². The van der Waals surface area contributed by atoms with Crippen LogP contribution in [0.1, 0.15) is 18.4 Å². The van der Waals surface area contributed by atoms with E-state index >= 15 is 0 Å². The number of aliphatic hydroxyl groups excluding tert-OH is 1. The van der Waals surface area contributed by atoms with E-state index in [0.29, 0.717) is 0 Å².